The first-order valence-electron chi connectivity index (χ1n) is 7.74. The molecule has 0 radical (unpaired) electrons. The Morgan fingerprint density at radius 2 is 2.12 bits per heavy atom. The standard InChI is InChI=1S/C16H17IN2O4S/c17-7-2-8-24(23)13-4-1-3-10-11(13)9-19(16(10)22)12-5-6-14(20)18-15(12)21/h1,3-4,12H,2,5-9H2,(H,18,20,21). The summed E-state index contributed by atoms with van der Waals surface area (Å²) in [5, 5.41) is 2.29. The Morgan fingerprint density at radius 1 is 1.33 bits per heavy atom. The Bertz CT molecular complexity index is 697. The summed E-state index contributed by atoms with van der Waals surface area (Å²) in [5.74, 6) is -0.403. The topological polar surface area (TPSA) is 89.5 Å². The van der Waals surface area contributed by atoms with E-state index in [9.17, 15) is 18.9 Å². The maximum absolute atomic E-state index is 12.7. The molecule has 3 rings (SSSR count). The minimum absolute atomic E-state index is 0.227. The van der Waals surface area contributed by atoms with E-state index in [1.807, 2.05) is 0 Å². The maximum Gasteiger partial charge on any atom is 0.255 e. The van der Waals surface area contributed by atoms with E-state index in [0.717, 1.165) is 16.4 Å². The van der Waals surface area contributed by atoms with Gasteiger partial charge in [0.1, 0.15) is 11.8 Å². The number of halogens is 1. The fraction of sp³-hybridized carbons (Fsp3) is 0.438. The van der Waals surface area contributed by atoms with Crippen LogP contribution in [-0.4, -0.2) is 43.4 Å². The molecule has 2 aliphatic rings. The van der Waals surface area contributed by atoms with Gasteiger partial charge < -0.3 is 9.45 Å². The number of carbonyl (C=O) groups excluding carboxylic acids is 3. The van der Waals surface area contributed by atoms with Crippen LogP contribution in [-0.2, 0) is 27.3 Å². The van der Waals surface area contributed by atoms with Crippen LogP contribution >= 0.6 is 22.6 Å². The average molecular weight is 460 g/mol. The molecule has 6 nitrogen and oxygen atoms in total. The van der Waals surface area contributed by atoms with Crippen molar-refractivity contribution in [3.63, 3.8) is 0 Å². The zero-order valence-corrected chi connectivity index (χ0v) is 15.9. The lowest BCUT2D eigenvalue weighted by atomic mass is 10.0. The Hall–Kier alpha value is -1.13. The number of piperidine rings is 1. The predicted octanol–water partition coefficient (Wildman–Crippen LogP) is 1.38. The summed E-state index contributed by atoms with van der Waals surface area (Å²) in [7, 11) is 0. The first-order valence-corrected chi connectivity index (χ1v) is 10.6. The number of hydrogen-bond acceptors (Lipinski definition) is 4. The highest BCUT2D eigenvalue weighted by Crippen LogP contribution is 2.32. The van der Waals surface area contributed by atoms with Crippen molar-refractivity contribution in [2.75, 3.05) is 10.2 Å². The van der Waals surface area contributed by atoms with Gasteiger partial charge in [-0.1, -0.05) is 28.7 Å². The van der Waals surface area contributed by atoms with Crippen LogP contribution in [0, 0.1) is 0 Å². The van der Waals surface area contributed by atoms with Crippen LogP contribution in [0.1, 0.15) is 35.2 Å². The molecule has 0 aromatic heterocycles. The Kier molecular flexibility index (Phi) is 5.46. The van der Waals surface area contributed by atoms with Crippen LogP contribution < -0.4 is 5.32 Å². The minimum atomic E-state index is -1.15. The number of rotatable bonds is 5. The van der Waals surface area contributed by atoms with Gasteiger partial charge in [0.05, 0.1) is 6.54 Å². The number of amides is 3. The van der Waals surface area contributed by atoms with Gasteiger partial charge in [0.2, 0.25) is 11.8 Å². The monoisotopic (exact) mass is 460 g/mol. The molecule has 1 N–H and O–H groups in total. The summed E-state index contributed by atoms with van der Waals surface area (Å²) in [4.78, 5) is 38.2. The van der Waals surface area contributed by atoms with Crippen LogP contribution in [0.2, 0.25) is 0 Å². The summed E-state index contributed by atoms with van der Waals surface area (Å²) in [6.45, 7) is 0.270. The van der Waals surface area contributed by atoms with Gasteiger partial charge in [0, 0.05) is 28.4 Å². The van der Waals surface area contributed by atoms with Crippen LogP contribution in [0.15, 0.2) is 23.1 Å². The predicted molar refractivity (Wildman–Crippen MR) is 97.3 cm³/mol. The van der Waals surface area contributed by atoms with Gasteiger partial charge in [-0.3, -0.25) is 19.7 Å². The van der Waals surface area contributed by atoms with Gasteiger partial charge in [-0.15, -0.1) is 0 Å². The smallest absolute Gasteiger partial charge is 0.255 e. The SMILES string of the molecule is O=C1CCC(N2Cc3c(cccc3[S+]([O-])CCCI)C2=O)C(=O)N1. The number of nitrogens with zero attached hydrogens (tertiary/aromatic N) is 1. The highest BCUT2D eigenvalue weighted by Gasteiger charge is 2.41. The molecule has 0 saturated carbocycles. The molecule has 0 bridgehead atoms. The van der Waals surface area contributed by atoms with Crippen molar-refractivity contribution in [1.29, 1.82) is 0 Å². The number of nitrogens with one attached hydrogen (secondary N) is 1. The molecule has 2 atom stereocenters. The van der Waals surface area contributed by atoms with E-state index in [2.05, 4.69) is 27.9 Å². The zero-order valence-electron chi connectivity index (χ0n) is 12.9. The molecule has 0 spiro atoms. The second-order valence-electron chi connectivity index (χ2n) is 5.77. The lowest BCUT2D eigenvalue weighted by Gasteiger charge is -2.29. The van der Waals surface area contributed by atoms with Crippen molar-refractivity contribution in [2.45, 2.75) is 36.7 Å². The van der Waals surface area contributed by atoms with E-state index in [1.54, 1.807) is 18.2 Å². The van der Waals surface area contributed by atoms with Gasteiger partial charge in [0.15, 0.2) is 4.90 Å². The average Bonchev–Trinajstić information content (AvgIpc) is 2.89. The summed E-state index contributed by atoms with van der Waals surface area (Å²) in [6, 6.07) is 4.60. The third kappa shape index (κ3) is 3.31. The minimum Gasteiger partial charge on any atom is -0.611 e. The normalized spacial score (nSPS) is 21.7. The molecule has 2 aliphatic heterocycles. The van der Waals surface area contributed by atoms with Crippen molar-refractivity contribution in [2.24, 2.45) is 0 Å². The molecule has 2 unspecified atom stereocenters. The lowest BCUT2D eigenvalue weighted by molar-refractivity contribution is -0.136. The molecule has 2 heterocycles. The first-order chi connectivity index (χ1) is 11.5. The van der Waals surface area contributed by atoms with Gasteiger partial charge in [-0.05, 0) is 29.7 Å². The molecule has 1 aromatic rings. The Morgan fingerprint density at radius 3 is 2.83 bits per heavy atom. The molecule has 128 valence electrons. The molecule has 24 heavy (non-hydrogen) atoms. The van der Waals surface area contributed by atoms with E-state index in [4.69, 9.17) is 0 Å². The largest absolute Gasteiger partial charge is 0.611 e. The van der Waals surface area contributed by atoms with Crippen molar-refractivity contribution in [1.82, 2.24) is 10.2 Å². The molecular weight excluding hydrogens is 443 g/mol. The second-order valence-corrected chi connectivity index (χ2v) is 8.39. The number of imide groups is 1. The highest BCUT2D eigenvalue weighted by atomic mass is 127. The van der Waals surface area contributed by atoms with Crippen molar-refractivity contribution in [3.05, 3.63) is 29.3 Å². The molecule has 1 fully saturated rings. The van der Waals surface area contributed by atoms with Crippen molar-refractivity contribution < 1.29 is 18.9 Å². The lowest BCUT2D eigenvalue weighted by Crippen LogP contribution is -2.52. The molecule has 3 amide bonds. The van der Waals surface area contributed by atoms with Gasteiger partial charge in [-0.2, -0.15) is 0 Å². The van der Waals surface area contributed by atoms with E-state index < -0.39 is 23.1 Å². The van der Waals surface area contributed by atoms with Crippen LogP contribution in [0.5, 0.6) is 0 Å². The van der Waals surface area contributed by atoms with Crippen molar-refractivity contribution >= 4 is 51.5 Å². The van der Waals surface area contributed by atoms with E-state index in [1.165, 1.54) is 4.90 Å². The quantitative estimate of drug-likeness (QED) is 0.311. The third-order valence-corrected chi connectivity index (χ3v) is 6.54. The van der Waals surface area contributed by atoms with E-state index in [0.29, 0.717) is 22.6 Å². The Balaban J connectivity index is 1.84. The van der Waals surface area contributed by atoms with Crippen molar-refractivity contribution in [3.8, 4) is 0 Å². The molecule has 1 saturated heterocycles. The summed E-state index contributed by atoms with van der Waals surface area (Å²) in [6.07, 6.45) is 1.41. The number of alkyl halides is 1. The van der Waals surface area contributed by atoms with Crippen LogP contribution in [0.3, 0.4) is 0 Å². The third-order valence-electron chi connectivity index (χ3n) is 4.25. The van der Waals surface area contributed by atoms with Gasteiger partial charge in [-0.25, -0.2) is 0 Å². The van der Waals surface area contributed by atoms with E-state index >= 15 is 0 Å². The number of fused-ring (bicyclic) bond motifs is 1. The highest BCUT2D eigenvalue weighted by molar-refractivity contribution is 14.1. The molecule has 0 aliphatic carbocycles. The number of benzene rings is 1. The Labute approximate surface area is 156 Å². The molecular formula is C16H17IN2O4S. The zero-order chi connectivity index (χ0) is 17.3. The summed E-state index contributed by atoms with van der Waals surface area (Å²) >= 11 is 1.10. The van der Waals surface area contributed by atoms with Gasteiger partial charge in [0.25, 0.3) is 5.91 Å². The number of hydrogen-bond donors (Lipinski definition) is 1. The van der Waals surface area contributed by atoms with E-state index in [-0.39, 0.29) is 24.8 Å². The first kappa shape index (κ1) is 17.7. The van der Waals surface area contributed by atoms with Crippen LogP contribution in [0.25, 0.3) is 0 Å². The summed E-state index contributed by atoms with van der Waals surface area (Å²) < 4.78 is 13.4. The van der Waals surface area contributed by atoms with Crippen LogP contribution in [0.4, 0.5) is 0 Å². The summed E-state index contributed by atoms with van der Waals surface area (Å²) in [5.41, 5.74) is 1.26. The molecule has 1 aromatic carbocycles. The molecule has 8 heteroatoms. The number of carbonyl (C=O) groups is 3. The second kappa shape index (κ2) is 7.40. The van der Waals surface area contributed by atoms with Gasteiger partial charge >= 0.3 is 0 Å². The fourth-order valence-corrected chi connectivity index (χ4v) is 5.27. The maximum atomic E-state index is 12.7. The fourth-order valence-electron chi connectivity index (χ4n) is 3.07.